The molecule has 2 aliphatic heterocycles. The molecule has 1 N–H and O–H groups in total. The van der Waals surface area contributed by atoms with Gasteiger partial charge >= 0.3 is 0 Å². The number of ketones is 1. The standard InChI is InChI=1S/C16H18N2O2/c19-14-9-8-13(15(20)12-6-2-1-3-7-12)16-17-10-4-5-11-18(14)16/h1-3,6-7,17H,4-5,8-11H2. The SMILES string of the molecule is O=C(C1=C2NCCCCN2C(=O)CC1)c1ccccc1. The van der Waals surface area contributed by atoms with Crippen LogP contribution in [-0.4, -0.2) is 29.7 Å². The summed E-state index contributed by atoms with van der Waals surface area (Å²) < 4.78 is 0. The van der Waals surface area contributed by atoms with Crippen molar-refractivity contribution in [2.75, 3.05) is 13.1 Å². The molecule has 0 unspecified atom stereocenters. The molecule has 20 heavy (non-hydrogen) atoms. The number of carbonyl (C=O) groups excluding carboxylic acids is 2. The molecule has 1 aromatic rings. The van der Waals surface area contributed by atoms with Gasteiger partial charge in [0.15, 0.2) is 5.78 Å². The summed E-state index contributed by atoms with van der Waals surface area (Å²) in [5.74, 6) is 0.902. The summed E-state index contributed by atoms with van der Waals surface area (Å²) in [7, 11) is 0. The molecule has 1 saturated heterocycles. The number of carbonyl (C=O) groups is 2. The third-order valence-electron chi connectivity index (χ3n) is 3.86. The molecule has 104 valence electrons. The third kappa shape index (κ3) is 2.33. The molecule has 0 aliphatic carbocycles. The van der Waals surface area contributed by atoms with E-state index in [0.717, 1.165) is 30.8 Å². The first-order valence-corrected chi connectivity index (χ1v) is 7.14. The number of Topliss-reactive ketones (excluding diaryl/α,β-unsaturated/α-hetero) is 1. The minimum atomic E-state index is 0.0347. The molecule has 1 amide bonds. The Balaban J connectivity index is 1.99. The van der Waals surface area contributed by atoms with Gasteiger partial charge in [-0.25, -0.2) is 0 Å². The summed E-state index contributed by atoms with van der Waals surface area (Å²) >= 11 is 0. The van der Waals surface area contributed by atoms with E-state index in [0.29, 0.717) is 24.9 Å². The van der Waals surface area contributed by atoms with Crippen LogP contribution in [0.1, 0.15) is 36.0 Å². The van der Waals surface area contributed by atoms with Gasteiger partial charge in [-0.3, -0.25) is 14.5 Å². The molecule has 0 aromatic heterocycles. The highest BCUT2D eigenvalue weighted by Crippen LogP contribution is 2.26. The summed E-state index contributed by atoms with van der Waals surface area (Å²) in [6.45, 7) is 1.54. The van der Waals surface area contributed by atoms with Crippen LogP contribution >= 0.6 is 0 Å². The monoisotopic (exact) mass is 270 g/mol. The zero-order chi connectivity index (χ0) is 13.9. The molecule has 0 spiro atoms. The van der Waals surface area contributed by atoms with E-state index in [1.54, 1.807) is 4.90 Å². The topological polar surface area (TPSA) is 49.4 Å². The highest BCUT2D eigenvalue weighted by molar-refractivity contribution is 6.10. The quantitative estimate of drug-likeness (QED) is 0.837. The molecule has 4 heteroatoms. The van der Waals surface area contributed by atoms with Gasteiger partial charge in [-0.15, -0.1) is 0 Å². The van der Waals surface area contributed by atoms with Crippen molar-refractivity contribution < 1.29 is 9.59 Å². The summed E-state index contributed by atoms with van der Waals surface area (Å²) in [5, 5.41) is 3.28. The van der Waals surface area contributed by atoms with Crippen molar-refractivity contribution >= 4 is 11.7 Å². The number of rotatable bonds is 2. The Morgan fingerprint density at radius 3 is 2.70 bits per heavy atom. The van der Waals surface area contributed by atoms with Crippen molar-refractivity contribution in [2.24, 2.45) is 0 Å². The van der Waals surface area contributed by atoms with E-state index in [1.807, 2.05) is 30.3 Å². The molecule has 1 fully saturated rings. The van der Waals surface area contributed by atoms with Gasteiger partial charge in [-0.1, -0.05) is 30.3 Å². The lowest BCUT2D eigenvalue weighted by molar-refractivity contribution is -0.130. The molecule has 0 atom stereocenters. The number of benzene rings is 1. The van der Waals surface area contributed by atoms with Gasteiger partial charge in [0.25, 0.3) is 0 Å². The molecule has 4 nitrogen and oxygen atoms in total. The number of hydrogen-bond donors (Lipinski definition) is 1. The van der Waals surface area contributed by atoms with Crippen LogP contribution in [0.2, 0.25) is 0 Å². The summed E-state index contributed by atoms with van der Waals surface area (Å²) in [6, 6.07) is 9.28. The van der Waals surface area contributed by atoms with Crippen molar-refractivity contribution in [2.45, 2.75) is 25.7 Å². The summed E-state index contributed by atoms with van der Waals surface area (Å²) in [4.78, 5) is 26.4. The van der Waals surface area contributed by atoms with Gasteiger partial charge in [0.1, 0.15) is 5.82 Å². The predicted octanol–water partition coefficient (Wildman–Crippen LogP) is 2.09. The van der Waals surface area contributed by atoms with Crippen LogP contribution < -0.4 is 5.32 Å². The summed E-state index contributed by atoms with van der Waals surface area (Å²) in [5.41, 5.74) is 1.44. The van der Waals surface area contributed by atoms with Crippen molar-refractivity contribution in [1.82, 2.24) is 10.2 Å². The van der Waals surface area contributed by atoms with Gasteiger partial charge in [0.2, 0.25) is 5.91 Å². The van der Waals surface area contributed by atoms with Crippen molar-refractivity contribution in [3.63, 3.8) is 0 Å². The van der Waals surface area contributed by atoms with E-state index in [1.165, 1.54) is 0 Å². The van der Waals surface area contributed by atoms with Crippen LogP contribution in [0.25, 0.3) is 0 Å². The van der Waals surface area contributed by atoms with Gasteiger partial charge in [0.05, 0.1) is 0 Å². The highest BCUT2D eigenvalue weighted by atomic mass is 16.2. The lowest BCUT2D eigenvalue weighted by Gasteiger charge is -2.30. The van der Waals surface area contributed by atoms with Crippen LogP contribution in [-0.2, 0) is 4.79 Å². The number of amides is 1. The zero-order valence-corrected chi connectivity index (χ0v) is 11.4. The Labute approximate surface area is 118 Å². The molecular formula is C16H18N2O2. The van der Waals surface area contributed by atoms with Crippen LogP contribution in [0, 0.1) is 0 Å². The Bertz CT molecular complexity index is 563. The number of nitrogens with zero attached hydrogens (tertiary/aromatic N) is 1. The molecule has 2 heterocycles. The number of hydrogen-bond acceptors (Lipinski definition) is 3. The predicted molar refractivity (Wildman–Crippen MR) is 76.0 cm³/mol. The normalized spacial score (nSPS) is 19.2. The third-order valence-corrected chi connectivity index (χ3v) is 3.86. The highest BCUT2D eigenvalue weighted by Gasteiger charge is 2.31. The number of fused-ring (bicyclic) bond motifs is 1. The first-order chi connectivity index (χ1) is 9.77. The Kier molecular flexibility index (Phi) is 3.54. The number of nitrogens with one attached hydrogen (secondary N) is 1. The van der Waals surface area contributed by atoms with Crippen LogP contribution in [0.15, 0.2) is 41.7 Å². The lowest BCUT2D eigenvalue weighted by Crippen LogP contribution is -2.40. The Morgan fingerprint density at radius 1 is 1.10 bits per heavy atom. The summed E-state index contributed by atoms with van der Waals surface area (Å²) in [6.07, 6.45) is 2.97. The first-order valence-electron chi connectivity index (χ1n) is 7.14. The van der Waals surface area contributed by atoms with Crippen molar-refractivity contribution in [3.05, 3.63) is 47.3 Å². The average Bonchev–Trinajstić information content (AvgIpc) is 2.74. The van der Waals surface area contributed by atoms with E-state index in [2.05, 4.69) is 5.32 Å². The van der Waals surface area contributed by atoms with E-state index in [9.17, 15) is 9.59 Å². The molecule has 1 aromatic carbocycles. The molecule has 2 aliphatic rings. The average molecular weight is 270 g/mol. The first kappa shape index (κ1) is 12.9. The zero-order valence-electron chi connectivity index (χ0n) is 11.4. The largest absolute Gasteiger partial charge is 0.371 e. The van der Waals surface area contributed by atoms with Crippen LogP contribution in [0.4, 0.5) is 0 Å². The molecule has 0 radical (unpaired) electrons. The van der Waals surface area contributed by atoms with Crippen LogP contribution in [0.3, 0.4) is 0 Å². The fraction of sp³-hybridized carbons (Fsp3) is 0.375. The van der Waals surface area contributed by atoms with Gasteiger partial charge in [-0.2, -0.15) is 0 Å². The lowest BCUT2D eigenvalue weighted by atomic mass is 9.96. The van der Waals surface area contributed by atoms with E-state index in [-0.39, 0.29) is 11.7 Å². The Hall–Kier alpha value is -2.10. The van der Waals surface area contributed by atoms with E-state index >= 15 is 0 Å². The minimum absolute atomic E-state index is 0.0347. The van der Waals surface area contributed by atoms with E-state index < -0.39 is 0 Å². The molecule has 0 saturated carbocycles. The minimum Gasteiger partial charge on any atom is -0.371 e. The molecule has 3 rings (SSSR count). The second kappa shape index (κ2) is 5.49. The van der Waals surface area contributed by atoms with Crippen molar-refractivity contribution in [1.29, 1.82) is 0 Å². The van der Waals surface area contributed by atoms with Crippen molar-refractivity contribution in [3.8, 4) is 0 Å². The van der Waals surface area contributed by atoms with Gasteiger partial charge < -0.3 is 5.32 Å². The fourth-order valence-corrected chi connectivity index (χ4v) is 2.80. The van der Waals surface area contributed by atoms with Gasteiger partial charge in [0, 0.05) is 30.6 Å². The maximum Gasteiger partial charge on any atom is 0.228 e. The maximum absolute atomic E-state index is 12.6. The second-order valence-corrected chi connectivity index (χ2v) is 5.20. The van der Waals surface area contributed by atoms with E-state index in [4.69, 9.17) is 0 Å². The maximum atomic E-state index is 12.6. The number of allylic oxidation sites excluding steroid dienone is 1. The molecule has 0 bridgehead atoms. The fourth-order valence-electron chi connectivity index (χ4n) is 2.80. The van der Waals surface area contributed by atoms with Gasteiger partial charge in [-0.05, 0) is 19.3 Å². The van der Waals surface area contributed by atoms with Crippen LogP contribution in [0.5, 0.6) is 0 Å². The smallest absolute Gasteiger partial charge is 0.228 e. The molecular weight excluding hydrogens is 252 g/mol. The second-order valence-electron chi connectivity index (χ2n) is 5.20. The Morgan fingerprint density at radius 2 is 1.90 bits per heavy atom.